The van der Waals surface area contributed by atoms with Crippen LogP contribution >= 0.6 is 0 Å². The molecule has 2 aromatic carbocycles. The van der Waals surface area contributed by atoms with Gasteiger partial charge in [-0.1, -0.05) is 30.3 Å². The summed E-state index contributed by atoms with van der Waals surface area (Å²) in [5.41, 5.74) is 0. The van der Waals surface area contributed by atoms with E-state index in [4.69, 9.17) is 9.47 Å². The van der Waals surface area contributed by atoms with Gasteiger partial charge in [0.05, 0.1) is 19.5 Å². The van der Waals surface area contributed by atoms with Gasteiger partial charge in [0, 0.05) is 24.4 Å². The van der Waals surface area contributed by atoms with Gasteiger partial charge in [0.2, 0.25) is 10.0 Å². The van der Waals surface area contributed by atoms with Crippen LogP contribution in [0, 0.1) is 5.92 Å². The summed E-state index contributed by atoms with van der Waals surface area (Å²) < 4.78 is 36.6. The zero-order valence-electron chi connectivity index (χ0n) is 14.1. The van der Waals surface area contributed by atoms with Gasteiger partial charge in [-0.15, -0.1) is 0 Å². The monoisotopic (exact) mass is 349 g/mol. The number of benzene rings is 2. The predicted octanol–water partition coefficient (Wildman–Crippen LogP) is 2.90. The first kappa shape index (κ1) is 17.0. The van der Waals surface area contributed by atoms with Crippen LogP contribution in [0.3, 0.4) is 0 Å². The standard InChI is InChI=1S/C18H23NO4S/c1-3-22-17-9-8-15-6-4-5-7-16(15)18(17)23-13-14-10-11-19(12-14)24(2,20)21/h4-9,14H,3,10-13H2,1-2H3/t14-/m0/s1. The number of rotatable bonds is 6. The van der Waals surface area contributed by atoms with Crippen molar-refractivity contribution in [2.45, 2.75) is 13.3 Å². The van der Waals surface area contributed by atoms with Gasteiger partial charge < -0.3 is 9.47 Å². The molecule has 2 aromatic rings. The Labute approximate surface area is 143 Å². The maximum atomic E-state index is 11.6. The van der Waals surface area contributed by atoms with Crippen LogP contribution in [0.4, 0.5) is 0 Å². The van der Waals surface area contributed by atoms with Crippen molar-refractivity contribution in [1.29, 1.82) is 0 Å². The number of sulfonamides is 1. The highest BCUT2D eigenvalue weighted by Crippen LogP contribution is 2.36. The van der Waals surface area contributed by atoms with Gasteiger partial charge in [-0.25, -0.2) is 12.7 Å². The molecule has 6 heteroatoms. The van der Waals surface area contributed by atoms with Crippen LogP contribution in [-0.2, 0) is 10.0 Å². The molecular formula is C18H23NO4S. The van der Waals surface area contributed by atoms with Gasteiger partial charge in [-0.05, 0) is 24.8 Å². The quantitative estimate of drug-likeness (QED) is 0.805. The number of hydrogen-bond donors (Lipinski definition) is 0. The second-order valence-electron chi connectivity index (χ2n) is 6.13. The van der Waals surface area contributed by atoms with Gasteiger partial charge in [0.1, 0.15) is 0 Å². The summed E-state index contributed by atoms with van der Waals surface area (Å²) in [6.07, 6.45) is 2.08. The smallest absolute Gasteiger partial charge is 0.211 e. The fraction of sp³-hybridized carbons (Fsp3) is 0.444. The molecule has 1 atom stereocenters. The highest BCUT2D eigenvalue weighted by atomic mass is 32.2. The Hall–Kier alpha value is -1.79. The molecule has 0 amide bonds. The van der Waals surface area contributed by atoms with Crippen molar-refractivity contribution >= 4 is 20.8 Å². The van der Waals surface area contributed by atoms with E-state index < -0.39 is 10.0 Å². The minimum Gasteiger partial charge on any atom is -0.490 e. The van der Waals surface area contributed by atoms with Crippen molar-refractivity contribution in [2.75, 3.05) is 32.6 Å². The summed E-state index contributed by atoms with van der Waals surface area (Å²) in [6, 6.07) is 12.0. The Morgan fingerprint density at radius 3 is 2.67 bits per heavy atom. The third-order valence-corrected chi connectivity index (χ3v) is 5.59. The van der Waals surface area contributed by atoms with Crippen LogP contribution < -0.4 is 9.47 Å². The topological polar surface area (TPSA) is 55.8 Å². The SMILES string of the molecule is CCOc1ccc2ccccc2c1OC[C@H]1CCN(S(C)(=O)=O)C1. The normalized spacial score (nSPS) is 18.8. The Morgan fingerprint density at radius 1 is 1.17 bits per heavy atom. The third-order valence-electron chi connectivity index (χ3n) is 4.32. The molecule has 0 saturated carbocycles. The molecule has 1 aliphatic heterocycles. The summed E-state index contributed by atoms with van der Waals surface area (Å²) >= 11 is 0. The lowest BCUT2D eigenvalue weighted by molar-refractivity contribution is 0.239. The molecule has 0 bridgehead atoms. The molecule has 0 unspecified atom stereocenters. The van der Waals surface area contributed by atoms with Crippen molar-refractivity contribution in [3.05, 3.63) is 36.4 Å². The molecule has 1 saturated heterocycles. The number of ether oxygens (including phenoxy) is 2. The van der Waals surface area contributed by atoms with E-state index in [0.717, 1.165) is 28.7 Å². The first-order valence-corrected chi connectivity index (χ1v) is 10.1. The molecule has 1 aliphatic rings. The van der Waals surface area contributed by atoms with Gasteiger partial charge in [-0.2, -0.15) is 0 Å². The lowest BCUT2D eigenvalue weighted by atomic mass is 10.1. The molecule has 3 rings (SSSR count). The largest absolute Gasteiger partial charge is 0.490 e. The minimum atomic E-state index is -3.12. The highest BCUT2D eigenvalue weighted by Gasteiger charge is 2.29. The van der Waals surface area contributed by atoms with E-state index in [9.17, 15) is 8.42 Å². The number of nitrogens with zero attached hydrogens (tertiary/aromatic N) is 1. The van der Waals surface area contributed by atoms with E-state index in [1.165, 1.54) is 10.6 Å². The van der Waals surface area contributed by atoms with Gasteiger partial charge in [0.25, 0.3) is 0 Å². The molecule has 24 heavy (non-hydrogen) atoms. The molecule has 1 heterocycles. The zero-order valence-corrected chi connectivity index (χ0v) is 14.9. The van der Waals surface area contributed by atoms with Crippen LogP contribution in [0.15, 0.2) is 36.4 Å². The van der Waals surface area contributed by atoms with Crippen molar-refractivity contribution < 1.29 is 17.9 Å². The van der Waals surface area contributed by atoms with Gasteiger partial charge in [-0.3, -0.25) is 0 Å². The van der Waals surface area contributed by atoms with Crippen LogP contribution in [-0.4, -0.2) is 45.3 Å². The first-order valence-electron chi connectivity index (χ1n) is 8.21. The molecule has 0 spiro atoms. The van der Waals surface area contributed by atoms with E-state index in [2.05, 4.69) is 0 Å². The molecule has 1 fully saturated rings. The zero-order chi connectivity index (χ0) is 17.2. The lowest BCUT2D eigenvalue weighted by Gasteiger charge is -2.17. The van der Waals surface area contributed by atoms with Crippen LogP contribution in [0.2, 0.25) is 0 Å². The van der Waals surface area contributed by atoms with Crippen molar-refractivity contribution in [1.82, 2.24) is 4.31 Å². The summed E-state index contributed by atoms with van der Waals surface area (Å²) in [4.78, 5) is 0. The highest BCUT2D eigenvalue weighted by molar-refractivity contribution is 7.88. The van der Waals surface area contributed by atoms with Crippen LogP contribution in [0.1, 0.15) is 13.3 Å². The molecule has 0 aromatic heterocycles. The number of hydrogen-bond acceptors (Lipinski definition) is 4. The minimum absolute atomic E-state index is 0.202. The fourth-order valence-corrected chi connectivity index (χ4v) is 4.00. The Bertz CT molecular complexity index is 819. The molecule has 0 radical (unpaired) electrons. The fourth-order valence-electron chi connectivity index (χ4n) is 3.08. The van der Waals surface area contributed by atoms with Gasteiger partial charge >= 0.3 is 0 Å². The first-order chi connectivity index (χ1) is 11.5. The van der Waals surface area contributed by atoms with Crippen molar-refractivity contribution in [3.63, 3.8) is 0 Å². The predicted molar refractivity (Wildman–Crippen MR) is 95.1 cm³/mol. The van der Waals surface area contributed by atoms with E-state index >= 15 is 0 Å². The Balaban J connectivity index is 1.78. The average molecular weight is 349 g/mol. The van der Waals surface area contributed by atoms with E-state index in [1.54, 1.807) is 0 Å². The van der Waals surface area contributed by atoms with E-state index in [1.807, 2.05) is 43.3 Å². The average Bonchev–Trinajstić information content (AvgIpc) is 3.03. The van der Waals surface area contributed by atoms with E-state index in [-0.39, 0.29) is 5.92 Å². The molecule has 0 aliphatic carbocycles. The summed E-state index contributed by atoms with van der Waals surface area (Å²) in [7, 11) is -3.12. The summed E-state index contributed by atoms with van der Waals surface area (Å²) in [5.74, 6) is 1.68. The Kier molecular flexibility index (Phi) is 4.96. The molecule has 0 N–H and O–H groups in total. The van der Waals surface area contributed by atoms with Crippen molar-refractivity contribution in [2.24, 2.45) is 5.92 Å². The maximum absolute atomic E-state index is 11.6. The van der Waals surface area contributed by atoms with E-state index in [0.29, 0.717) is 26.3 Å². The molecule has 5 nitrogen and oxygen atoms in total. The second kappa shape index (κ2) is 6.99. The van der Waals surface area contributed by atoms with Gasteiger partial charge in [0.15, 0.2) is 11.5 Å². The summed E-state index contributed by atoms with van der Waals surface area (Å²) in [6.45, 7) is 4.09. The molecular weight excluding hydrogens is 326 g/mol. The number of fused-ring (bicyclic) bond motifs is 1. The lowest BCUT2D eigenvalue weighted by Crippen LogP contribution is -2.28. The summed E-state index contributed by atoms with van der Waals surface area (Å²) in [5, 5.41) is 2.11. The van der Waals surface area contributed by atoms with Crippen LogP contribution in [0.25, 0.3) is 10.8 Å². The Morgan fingerprint density at radius 2 is 1.96 bits per heavy atom. The maximum Gasteiger partial charge on any atom is 0.211 e. The second-order valence-corrected chi connectivity index (χ2v) is 8.12. The van der Waals surface area contributed by atoms with Crippen molar-refractivity contribution in [3.8, 4) is 11.5 Å². The van der Waals surface area contributed by atoms with Crippen LogP contribution in [0.5, 0.6) is 11.5 Å². The third kappa shape index (κ3) is 3.65. The molecule has 130 valence electrons.